The van der Waals surface area contributed by atoms with Crippen molar-refractivity contribution in [3.05, 3.63) is 17.7 Å². The van der Waals surface area contributed by atoms with Crippen molar-refractivity contribution in [1.29, 1.82) is 0 Å². The van der Waals surface area contributed by atoms with Gasteiger partial charge < -0.3 is 19.9 Å². The Labute approximate surface area is 101 Å². The molecule has 0 aromatic heterocycles. The lowest BCUT2D eigenvalue weighted by Crippen LogP contribution is -2.21. The summed E-state index contributed by atoms with van der Waals surface area (Å²) >= 11 is 0. The van der Waals surface area contributed by atoms with Gasteiger partial charge in [0.05, 0.1) is 26.4 Å². The zero-order chi connectivity index (χ0) is 10.8. The predicted octanol–water partition coefficient (Wildman–Crippen LogP) is 1.91. The second-order valence-corrected chi connectivity index (χ2v) is 3.49. The van der Waals surface area contributed by atoms with Gasteiger partial charge in [0, 0.05) is 24.6 Å². The molecular formula is C11H16ClNO3. The van der Waals surface area contributed by atoms with E-state index >= 15 is 0 Å². The van der Waals surface area contributed by atoms with E-state index in [1.165, 1.54) is 0 Å². The summed E-state index contributed by atoms with van der Waals surface area (Å²) in [6.07, 6.45) is 0.815. The standard InChI is InChI=1S/C11H15NO3.ClH/c1-13-7-5-9(14-2)11-8(12)3-4-15-10(11)6-7;/h5-6,8H,3-4,12H2,1-2H3;1H. The summed E-state index contributed by atoms with van der Waals surface area (Å²) in [5.41, 5.74) is 6.95. The molecule has 1 unspecified atom stereocenters. The first-order chi connectivity index (χ1) is 7.26. The van der Waals surface area contributed by atoms with Gasteiger partial charge in [-0.2, -0.15) is 0 Å². The number of hydrogen-bond donors (Lipinski definition) is 1. The molecule has 0 fully saturated rings. The van der Waals surface area contributed by atoms with Crippen molar-refractivity contribution in [2.75, 3.05) is 20.8 Å². The highest BCUT2D eigenvalue weighted by atomic mass is 35.5. The Morgan fingerprint density at radius 2 is 2.06 bits per heavy atom. The van der Waals surface area contributed by atoms with Crippen LogP contribution in [0.2, 0.25) is 0 Å². The Kier molecular flexibility index (Phi) is 4.26. The molecule has 0 radical (unpaired) electrons. The van der Waals surface area contributed by atoms with Crippen LogP contribution in [-0.4, -0.2) is 20.8 Å². The molecule has 1 heterocycles. The van der Waals surface area contributed by atoms with Crippen molar-refractivity contribution in [2.45, 2.75) is 12.5 Å². The normalized spacial score (nSPS) is 17.8. The second kappa shape index (κ2) is 5.27. The molecule has 2 N–H and O–H groups in total. The first-order valence-electron chi connectivity index (χ1n) is 4.90. The average Bonchev–Trinajstić information content (AvgIpc) is 2.27. The number of hydrogen-bond acceptors (Lipinski definition) is 4. The SMILES string of the molecule is COc1cc(OC)c2c(c1)OCCC2N.Cl. The van der Waals surface area contributed by atoms with Crippen LogP contribution in [0.15, 0.2) is 12.1 Å². The lowest BCUT2D eigenvalue weighted by atomic mass is 10.00. The maximum absolute atomic E-state index is 6.01. The summed E-state index contributed by atoms with van der Waals surface area (Å²) in [5.74, 6) is 2.22. The molecule has 1 aliphatic heterocycles. The Morgan fingerprint density at radius 3 is 2.69 bits per heavy atom. The van der Waals surface area contributed by atoms with E-state index in [-0.39, 0.29) is 18.4 Å². The molecule has 1 aromatic carbocycles. The zero-order valence-electron chi connectivity index (χ0n) is 9.36. The lowest BCUT2D eigenvalue weighted by molar-refractivity contribution is 0.260. The van der Waals surface area contributed by atoms with Crippen molar-refractivity contribution in [3.63, 3.8) is 0 Å². The van der Waals surface area contributed by atoms with Gasteiger partial charge >= 0.3 is 0 Å². The Bertz CT molecular complexity index is 353. The number of nitrogens with two attached hydrogens (primary N) is 1. The number of ether oxygens (including phenoxy) is 3. The molecule has 16 heavy (non-hydrogen) atoms. The summed E-state index contributed by atoms with van der Waals surface area (Å²) in [5, 5.41) is 0. The third kappa shape index (κ3) is 2.18. The second-order valence-electron chi connectivity index (χ2n) is 3.49. The number of rotatable bonds is 2. The van der Waals surface area contributed by atoms with E-state index in [1.54, 1.807) is 14.2 Å². The van der Waals surface area contributed by atoms with Crippen LogP contribution in [0.25, 0.3) is 0 Å². The monoisotopic (exact) mass is 245 g/mol. The number of fused-ring (bicyclic) bond motifs is 1. The van der Waals surface area contributed by atoms with E-state index < -0.39 is 0 Å². The number of halogens is 1. The molecule has 1 aromatic rings. The molecule has 4 nitrogen and oxygen atoms in total. The van der Waals surface area contributed by atoms with Gasteiger partial charge in [-0.05, 0) is 0 Å². The number of benzene rings is 1. The smallest absolute Gasteiger partial charge is 0.131 e. The third-order valence-corrected chi connectivity index (χ3v) is 2.59. The predicted molar refractivity (Wildman–Crippen MR) is 63.8 cm³/mol. The van der Waals surface area contributed by atoms with Crippen LogP contribution in [0.4, 0.5) is 0 Å². The van der Waals surface area contributed by atoms with Gasteiger partial charge in [0.2, 0.25) is 0 Å². The fourth-order valence-electron chi connectivity index (χ4n) is 1.79. The summed E-state index contributed by atoms with van der Waals surface area (Å²) in [7, 11) is 3.24. The van der Waals surface area contributed by atoms with Crippen molar-refractivity contribution in [1.82, 2.24) is 0 Å². The molecule has 0 bridgehead atoms. The minimum Gasteiger partial charge on any atom is -0.496 e. The van der Waals surface area contributed by atoms with Gasteiger partial charge in [0.1, 0.15) is 17.2 Å². The van der Waals surface area contributed by atoms with E-state index in [9.17, 15) is 0 Å². The first kappa shape index (κ1) is 12.9. The fraction of sp³-hybridized carbons (Fsp3) is 0.455. The minimum atomic E-state index is -0.0189. The summed E-state index contributed by atoms with van der Waals surface area (Å²) < 4.78 is 16.0. The fourth-order valence-corrected chi connectivity index (χ4v) is 1.79. The van der Waals surface area contributed by atoms with E-state index in [4.69, 9.17) is 19.9 Å². The highest BCUT2D eigenvalue weighted by Crippen LogP contribution is 2.40. The molecule has 5 heteroatoms. The summed E-state index contributed by atoms with van der Waals surface area (Å²) in [6, 6.07) is 3.65. The van der Waals surface area contributed by atoms with E-state index in [2.05, 4.69) is 0 Å². The van der Waals surface area contributed by atoms with Crippen LogP contribution in [0.1, 0.15) is 18.0 Å². The molecule has 0 saturated carbocycles. The van der Waals surface area contributed by atoms with Crippen molar-refractivity contribution in [3.8, 4) is 17.2 Å². The van der Waals surface area contributed by atoms with Gasteiger partial charge in [-0.25, -0.2) is 0 Å². The largest absolute Gasteiger partial charge is 0.496 e. The topological polar surface area (TPSA) is 53.7 Å². The lowest BCUT2D eigenvalue weighted by Gasteiger charge is -2.25. The van der Waals surface area contributed by atoms with E-state index in [1.807, 2.05) is 12.1 Å². The van der Waals surface area contributed by atoms with Gasteiger partial charge in [-0.1, -0.05) is 0 Å². The number of methoxy groups -OCH3 is 2. The summed E-state index contributed by atoms with van der Waals surface area (Å²) in [4.78, 5) is 0. The first-order valence-corrected chi connectivity index (χ1v) is 4.90. The molecule has 0 spiro atoms. The molecule has 90 valence electrons. The van der Waals surface area contributed by atoms with Crippen LogP contribution in [0, 0.1) is 0 Å². The maximum Gasteiger partial charge on any atom is 0.131 e. The van der Waals surface area contributed by atoms with Crippen LogP contribution < -0.4 is 19.9 Å². The average molecular weight is 246 g/mol. The highest BCUT2D eigenvalue weighted by molar-refractivity contribution is 5.85. The van der Waals surface area contributed by atoms with Crippen molar-refractivity contribution in [2.24, 2.45) is 5.73 Å². The molecule has 1 aliphatic rings. The Morgan fingerprint density at radius 1 is 1.31 bits per heavy atom. The van der Waals surface area contributed by atoms with Crippen LogP contribution in [0.5, 0.6) is 17.2 Å². The quantitative estimate of drug-likeness (QED) is 0.865. The van der Waals surface area contributed by atoms with Gasteiger partial charge in [0.15, 0.2) is 0 Å². The van der Waals surface area contributed by atoms with Crippen LogP contribution in [0.3, 0.4) is 0 Å². The molecule has 0 amide bonds. The maximum atomic E-state index is 6.01. The van der Waals surface area contributed by atoms with Gasteiger partial charge in [-0.15, -0.1) is 12.4 Å². The minimum absolute atomic E-state index is 0. The highest BCUT2D eigenvalue weighted by Gasteiger charge is 2.23. The molecular weight excluding hydrogens is 230 g/mol. The Balaban J connectivity index is 0.00000128. The molecule has 2 rings (SSSR count). The third-order valence-electron chi connectivity index (χ3n) is 2.59. The van der Waals surface area contributed by atoms with E-state index in [0.29, 0.717) is 6.61 Å². The van der Waals surface area contributed by atoms with Crippen molar-refractivity contribution < 1.29 is 14.2 Å². The molecule has 1 atom stereocenters. The zero-order valence-corrected chi connectivity index (χ0v) is 10.2. The van der Waals surface area contributed by atoms with Crippen LogP contribution in [-0.2, 0) is 0 Å². The molecule has 0 aliphatic carbocycles. The summed E-state index contributed by atoms with van der Waals surface area (Å²) in [6.45, 7) is 0.643. The Hall–Kier alpha value is -1.13. The molecule has 0 saturated heterocycles. The van der Waals surface area contributed by atoms with Gasteiger partial charge in [-0.3, -0.25) is 0 Å². The van der Waals surface area contributed by atoms with Crippen molar-refractivity contribution >= 4 is 12.4 Å². The van der Waals surface area contributed by atoms with Gasteiger partial charge in [0.25, 0.3) is 0 Å². The van der Waals surface area contributed by atoms with Crippen LogP contribution >= 0.6 is 12.4 Å². The van der Waals surface area contributed by atoms with E-state index in [0.717, 1.165) is 29.2 Å².